The number of nitrogens with one attached hydrogen (secondary N) is 1. The van der Waals surface area contributed by atoms with E-state index < -0.39 is 10.0 Å². The number of hydrogen-bond donors (Lipinski definition) is 2. The third-order valence-electron chi connectivity index (χ3n) is 7.05. The second-order valence-corrected chi connectivity index (χ2v) is 11.7. The summed E-state index contributed by atoms with van der Waals surface area (Å²) in [4.78, 5) is 7.22. The van der Waals surface area contributed by atoms with Gasteiger partial charge < -0.3 is 15.2 Å². The van der Waals surface area contributed by atoms with Gasteiger partial charge in [-0.1, -0.05) is 55.8 Å². The van der Waals surface area contributed by atoms with Crippen LogP contribution in [0.4, 0.5) is 5.69 Å². The molecule has 4 aromatic rings. The lowest BCUT2D eigenvalue weighted by Crippen LogP contribution is -2.38. The number of aromatic nitrogens is 2. The van der Waals surface area contributed by atoms with E-state index in [1.165, 1.54) is 10.4 Å². The average molecular weight is 567 g/mol. The number of halogens is 1. The topological polar surface area (TPSA) is 108 Å². The first-order valence-electron chi connectivity index (χ1n) is 13.0. The molecule has 0 amide bonds. The van der Waals surface area contributed by atoms with Crippen LogP contribution in [0.25, 0.3) is 11.0 Å². The van der Waals surface area contributed by atoms with Gasteiger partial charge in [0, 0.05) is 37.1 Å². The summed E-state index contributed by atoms with van der Waals surface area (Å²) in [5.41, 5.74) is 9.63. The molecule has 0 aliphatic rings. The van der Waals surface area contributed by atoms with E-state index in [0.29, 0.717) is 35.8 Å². The van der Waals surface area contributed by atoms with Crippen molar-refractivity contribution in [1.82, 2.24) is 14.5 Å². The van der Waals surface area contributed by atoms with Gasteiger partial charge in [-0.25, -0.2) is 13.4 Å². The van der Waals surface area contributed by atoms with Crippen LogP contribution < -0.4 is 10.0 Å². The van der Waals surface area contributed by atoms with Crippen molar-refractivity contribution in [2.45, 2.75) is 31.6 Å². The van der Waals surface area contributed by atoms with Gasteiger partial charge in [0.15, 0.2) is 0 Å². The molecule has 0 unspecified atom stereocenters. The Morgan fingerprint density at radius 2 is 1.72 bits per heavy atom. The fourth-order valence-corrected chi connectivity index (χ4v) is 6.39. The molecule has 0 radical (unpaired) electrons. The number of hydrogen-bond acceptors (Lipinski definition) is 5. The Hall–Kier alpha value is -3.40. The number of amidine groups is 1. The highest BCUT2D eigenvalue weighted by Gasteiger charge is 2.26. The van der Waals surface area contributed by atoms with Crippen molar-refractivity contribution in [2.75, 3.05) is 30.5 Å². The Labute approximate surface area is 235 Å². The molecule has 0 aliphatic heterocycles. The molecule has 0 spiro atoms. The zero-order valence-corrected chi connectivity index (χ0v) is 24.1. The molecule has 0 fully saturated rings. The molecular weight excluding hydrogens is 532 g/mol. The predicted molar refractivity (Wildman–Crippen MR) is 159 cm³/mol. The van der Waals surface area contributed by atoms with Gasteiger partial charge in [0.1, 0.15) is 11.7 Å². The molecule has 0 atom stereocenters. The third-order valence-corrected chi connectivity index (χ3v) is 9.10. The van der Waals surface area contributed by atoms with Crippen LogP contribution in [0, 0.1) is 5.41 Å². The van der Waals surface area contributed by atoms with Gasteiger partial charge in [-0.2, -0.15) is 0 Å². The van der Waals surface area contributed by atoms with Crippen molar-refractivity contribution in [3.05, 3.63) is 88.7 Å². The minimum absolute atomic E-state index is 0.0521. The van der Waals surface area contributed by atoms with Crippen LogP contribution in [-0.2, 0) is 29.9 Å². The number of nitrogens with two attached hydrogens (primary N) is 1. The van der Waals surface area contributed by atoms with Crippen molar-refractivity contribution in [2.24, 2.45) is 12.8 Å². The molecule has 4 rings (SSSR count). The second-order valence-electron chi connectivity index (χ2n) is 9.43. The van der Waals surface area contributed by atoms with E-state index in [0.717, 1.165) is 41.9 Å². The van der Waals surface area contributed by atoms with Crippen molar-refractivity contribution in [3.8, 4) is 0 Å². The molecule has 8 nitrogen and oxygen atoms in total. The van der Waals surface area contributed by atoms with Gasteiger partial charge in [-0.05, 0) is 61.5 Å². The van der Waals surface area contributed by atoms with Crippen LogP contribution >= 0.6 is 11.6 Å². The average Bonchev–Trinajstić information content (AvgIpc) is 3.24. The molecule has 0 saturated carbocycles. The standard InChI is InChI=1S/C29H35ClN6O2S/c1-4-35(5-2)17-18-36(39(37,38)25-8-6-7-23(30)19-25)24-14-15-27-26(20-24)33-28(34(27)3)16-11-21-9-12-22(13-10-21)29(31)32/h6-10,12-15,19-20H,4-5,11,16-18H2,1-3H3,(H3,31,32). The molecule has 0 aliphatic carbocycles. The highest BCUT2D eigenvalue weighted by Crippen LogP contribution is 2.29. The molecule has 1 aromatic heterocycles. The zero-order valence-electron chi connectivity index (χ0n) is 22.6. The summed E-state index contributed by atoms with van der Waals surface area (Å²) in [7, 11) is -1.88. The van der Waals surface area contributed by atoms with E-state index in [-0.39, 0.29) is 10.7 Å². The van der Waals surface area contributed by atoms with Gasteiger partial charge >= 0.3 is 0 Å². The first kappa shape index (κ1) is 28.6. The van der Waals surface area contributed by atoms with Gasteiger partial charge in [-0.15, -0.1) is 0 Å². The van der Waals surface area contributed by atoms with E-state index in [4.69, 9.17) is 27.7 Å². The van der Waals surface area contributed by atoms with Gasteiger partial charge in [0.2, 0.25) is 0 Å². The number of aryl methyl sites for hydroxylation is 3. The lowest BCUT2D eigenvalue weighted by molar-refractivity contribution is 0.313. The number of sulfonamides is 1. The lowest BCUT2D eigenvalue weighted by Gasteiger charge is -2.28. The lowest BCUT2D eigenvalue weighted by atomic mass is 10.1. The molecule has 206 valence electrons. The minimum atomic E-state index is -3.85. The van der Waals surface area contributed by atoms with Crippen molar-refractivity contribution >= 4 is 44.2 Å². The molecule has 1 heterocycles. The van der Waals surface area contributed by atoms with Crippen LogP contribution in [0.5, 0.6) is 0 Å². The van der Waals surface area contributed by atoms with E-state index in [2.05, 4.69) is 23.3 Å². The number of nitrogen functional groups attached to an aromatic ring is 1. The molecule has 3 aromatic carbocycles. The first-order chi connectivity index (χ1) is 18.6. The second kappa shape index (κ2) is 12.2. The summed E-state index contributed by atoms with van der Waals surface area (Å²) in [6.45, 7) is 6.71. The van der Waals surface area contributed by atoms with Crippen LogP contribution in [0.3, 0.4) is 0 Å². The summed E-state index contributed by atoms with van der Waals surface area (Å²) < 4.78 is 31.1. The van der Waals surface area contributed by atoms with Crippen LogP contribution in [0.1, 0.15) is 30.8 Å². The first-order valence-corrected chi connectivity index (χ1v) is 14.8. The summed E-state index contributed by atoms with van der Waals surface area (Å²) in [5, 5.41) is 7.93. The largest absolute Gasteiger partial charge is 0.384 e. The van der Waals surface area contributed by atoms with Gasteiger partial charge in [0.25, 0.3) is 10.0 Å². The molecule has 39 heavy (non-hydrogen) atoms. The summed E-state index contributed by atoms with van der Waals surface area (Å²) in [6.07, 6.45) is 1.49. The van der Waals surface area contributed by atoms with Crippen LogP contribution in [0.15, 0.2) is 71.6 Å². The quantitative estimate of drug-likeness (QED) is 0.188. The minimum Gasteiger partial charge on any atom is -0.384 e. The maximum atomic E-state index is 13.8. The fraction of sp³-hybridized carbons (Fsp3) is 0.310. The number of nitrogens with zero attached hydrogens (tertiary/aromatic N) is 4. The van der Waals surface area contributed by atoms with Crippen LogP contribution in [0.2, 0.25) is 5.02 Å². The smallest absolute Gasteiger partial charge is 0.264 e. The van der Waals surface area contributed by atoms with Crippen molar-refractivity contribution in [1.29, 1.82) is 5.41 Å². The number of rotatable bonds is 12. The summed E-state index contributed by atoms with van der Waals surface area (Å²) in [6, 6.07) is 19.7. The van der Waals surface area contributed by atoms with Gasteiger partial charge in [-0.3, -0.25) is 9.71 Å². The van der Waals surface area contributed by atoms with Gasteiger partial charge in [0.05, 0.1) is 21.6 Å². The zero-order chi connectivity index (χ0) is 28.2. The Kier molecular flexibility index (Phi) is 8.94. The van der Waals surface area contributed by atoms with E-state index in [1.807, 2.05) is 49.5 Å². The Morgan fingerprint density at radius 1 is 1.00 bits per heavy atom. The monoisotopic (exact) mass is 566 g/mol. The molecule has 0 bridgehead atoms. The maximum absolute atomic E-state index is 13.8. The SMILES string of the molecule is CCN(CC)CCN(c1ccc2c(c1)nc(CCc1ccc(C(=N)N)cc1)n2C)S(=O)(=O)c1cccc(Cl)c1. The normalized spacial score (nSPS) is 11.8. The number of imidazole rings is 1. The Morgan fingerprint density at radius 3 is 2.36 bits per heavy atom. The number of anilines is 1. The Bertz CT molecular complexity index is 1560. The van der Waals surface area contributed by atoms with Crippen molar-refractivity contribution < 1.29 is 8.42 Å². The predicted octanol–water partition coefficient (Wildman–Crippen LogP) is 4.83. The molecule has 10 heteroatoms. The van der Waals surface area contributed by atoms with E-state index in [1.54, 1.807) is 18.2 Å². The summed E-state index contributed by atoms with van der Waals surface area (Å²) >= 11 is 6.15. The highest BCUT2D eigenvalue weighted by molar-refractivity contribution is 7.92. The maximum Gasteiger partial charge on any atom is 0.264 e. The Balaban J connectivity index is 1.65. The number of fused-ring (bicyclic) bond motifs is 1. The molecule has 3 N–H and O–H groups in total. The number of benzene rings is 3. The molecular formula is C29H35ClN6O2S. The van der Waals surface area contributed by atoms with E-state index in [9.17, 15) is 8.42 Å². The van der Waals surface area contributed by atoms with E-state index >= 15 is 0 Å². The molecule has 0 saturated heterocycles. The number of likely N-dealkylation sites (N-methyl/N-ethyl adjacent to an activating group) is 1. The highest BCUT2D eigenvalue weighted by atomic mass is 35.5. The van der Waals surface area contributed by atoms with Crippen LogP contribution in [-0.4, -0.2) is 54.9 Å². The van der Waals surface area contributed by atoms with Crippen molar-refractivity contribution in [3.63, 3.8) is 0 Å². The fourth-order valence-electron chi connectivity index (χ4n) is 4.64. The summed E-state index contributed by atoms with van der Waals surface area (Å²) in [5.74, 6) is 0.960. The third kappa shape index (κ3) is 6.43.